The molecule has 3 aromatic rings. The van der Waals surface area contributed by atoms with Gasteiger partial charge < -0.3 is 9.47 Å². The van der Waals surface area contributed by atoms with Crippen LogP contribution in [0.5, 0.6) is 5.75 Å². The molecule has 5 heteroatoms. The molecule has 0 heterocycles. The lowest BCUT2D eigenvalue weighted by molar-refractivity contribution is -0.163. The van der Waals surface area contributed by atoms with Crippen molar-refractivity contribution >= 4 is 17.5 Å². The third-order valence-corrected chi connectivity index (χ3v) is 5.96. The molecule has 3 aromatic carbocycles. The fraction of sp³-hybridized carbons (Fsp3) is 0.323. The van der Waals surface area contributed by atoms with Gasteiger partial charge >= 0.3 is 5.97 Å². The molecule has 0 aromatic heterocycles. The molecule has 0 spiro atoms. The molecule has 1 unspecified atom stereocenters. The average Bonchev–Trinajstić information content (AvgIpc) is 2.83. The van der Waals surface area contributed by atoms with Gasteiger partial charge in [-0.1, -0.05) is 49.4 Å². The Hall–Kier alpha value is -3.73. The van der Waals surface area contributed by atoms with E-state index in [0.29, 0.717) is 23.3 Å². The first-order valence-electron chi connectivity index (χ1n) is 12.2. The molecule has 5 nitrogen and oxygen atoms in total. The SMILES string of the molecule is CC(=O)c1ccccc1CC(C)c1cccc(C(=O)c2ccc(OC(C)(C)C(=O)OC(C)C)cc2)c1. The highest BCUT2D eigenvalue weighted by atomic mass is 16.6. The quantitative estimate of drug-likeness (QED) is 0.239. The minimum atomic E-state index is -1.15. The van der Waals surface area contributed by atoms with E-state index in [-0.39, 0.29) is 23.6 Å². The van der Waals surface area contributed by atoms with Crippen LogP contribution in [0.3, 0.4) is 0 Å². The van der Waals surface area contributed by atoms with E-state index in [1.807, 2.05) is 42.5 Å². The molecule has 3 rings (SSSR count). The maximum absolute atomic E-state index is 13.2. The number of ether oxygens (including phenoxy) is 2. The van der Waals surface area contributed by atoms with Gasteiger partial charge in [0.15, 0.2) is 17.2 Å². The summed E-state index contributed by atoms with van der Waals surface area (Å²) < 4.78 is 11.1. The molecule has 188 valence electrons. The van der Waals surface area contributed by atoms with E-state index < -0.39 is 11.6 Å². The summed E-state index contributed by atoms with van der Waals surface area (Å²) in [6, 6.07) is 22.0. The van der Waals surface area contributed by atoms with Crippen LogP contribution in [-0.4, -0.2) is 29.2 Å². The molecule has 0 N–H and O–H groups in total. The third kappa shape index (κ3) is 6.69. The molecule has 0 saturated carbocycles. The molecule has 0 aliphatic carbocycles. The van der Waals surface area contributed by atoms with E-state index >= 15 is 0 Å². The van der Waals surface area contributed by atoms with Crippen LogP contribution in [0.1, 0.15) is 84.9 Å². The third-order valence-electron chi connectivity index (χ3n) is 5.96. The van der Waals surface area contributed by atoms with E-state index in [1.54, 1.807) is 65.0 Å². The second-order valence-electron chi connectivity index (χ2n) is 9.86. The van der Waals surface area contributed by atoms with Gasteiger partial charge in [-0.05, 0) is 88.4 Å². The number of Topliss-reactive ketones (excluding diaryl/α,β-unsaturated/α-hetero) is 1. The summed E-state index contributed by atoms with van der Waals surface area (Å²) in [6.45, 7) is 10.6. The standard InChI is InChI=1S/C31H34O5/c1-20(2)35-30(34)31(5,6)36-27-16-14-23(15-17-27)29(33)26-12-9-11-24(19-26)21(3)18-25-10-7-8-13-28(25)22(4)32/h7-17,19-21H,18H2,1-6H3. The Balaban J connectivity index is 1.73. The van der Waals surface area contributed by atoms with Crippen molar-refractivity contribution in [3.05, 3.63) is 101 Å². The summed E-state index contributed by atoms with van der Waals surface area (Å²) >= 11 is 0. The molecule has 0 aliphatic heterocycles. The normalized spacial score (nSPS) is 12.2. The van der Waals surface area contributed by atoms with E-state index in [1.165, 1.54) is 0 Å². The van der Waals surface area contributed by atoms with Gasteiger partial charge in [-0.3, -0.25) is 9.59 Å². The van der Waals surface area contributed by atoms with Crippen molar-refractivity contribution in [2.75, 3.05) is 0 Å². The highest BCUT2D eigenvalue weighted by Crippen LogP contribution is 2.26. The lowest BCUT2D eigenvalue weighted by Crippen LogP contribution is -2.40. The van der Waals surface area contributed by atoms with Gasteiger partial charge in [-0.2, -0.15) is 0 Å². The second kappa shape index (κ2) is 11.3. The molecule has 0 amide bonds. The number of hydrogen-bond acceptors (Lipinski definition) is 5. The Kier molecular flexibility index (Phi) is 8.46. The Morgan fingerprint density at radius 1 is 0.833 bits per heavy atom. The predicted octanol–water partition coefficient (Wildman–Crippen LogP) is 6.58. The zero-order valence-electron chi connectivity index (χ0n) is 21.8. The molecule has 0 fully saturated rings. The predicted molar refractivity (Wildman–Crippen MR) is 141 cm³/mol. The topological polar surface area (TPSA) is 69.7 Å². The van der Waals surface area contributed by atoms with Gasteiger partial charge in [0.2, 0.25) is 0 Å². The fourth-order valence-corrected chi connectivity index (χ4v) is 4.01. The van der Waals surface area contributed by atoms with Crippen molar-refractivity contribution in [2.45, 2.75) is 65.6 Å². The highest BCUT2D eigenvalue weighted by Gasteiger charge is 2.32. The fourth-order valence-electron chi connectivity index (χ4n) is 4.01. The van der Waals surface area contributed by atoms with E-state index in [0.717, 1.165) is 16.7 Å². The van der Waals surface area contributed by atoms with Gasteiger partial charge in [0.25, 0.3) is 0 Å². The minimum absolute atomic E-state index is 0.0503. The van der Waals surface area contributed by atoms with Gasteiger partial charge in [0.05, 0.1) is 6.10 Å². The van der Waals surface area contributed by atoms with E-state index in [2.05, 4.69) is 6.92 Å². The monoisotopic (exact) mass is 486 g/mol. The van der Waals surface area contributed by atoms with Crippen LogP contribution in [0, 0.1) is 0 Å². The summed E-state index contributed by atoms with van der Waals surface area (Å²) in [5, 5.41) is 0. The van der Waals surface area contributed by atoms with Crippen molar-refractivity contribution in [3.8, 4) is 5.75 Å². The van der Waals surface area contributed by atoms with Crippen molar-refractivity contribution in [3.63, 3.8) is 0 Å². The largest absolute Gasteiger partial charge is 0.476 e. The number of ketones is 2. The maximum atomic E-state index is 13.2. The molecule has 0 bridgehead atoms. The summed E-state index contributed by atoms with van der Waals surface area (Å²) in [7, 11) is 0. The molecular weight excluding hydrogens is 452 g/mol. The Morgan fingerprint density at radius 3 is 2.14 bits per heavy atom. The van der Waals surface area contributed by atoms with Crippen LogP contribution in [0.15, 0.2) is 72.8 Å². The first kappa shape index (κ1) is 26.9. The van der Waals surface area contributed by atoms with Gasteiger partial charge in [-0.15, -0.1) is 0 Å². The number of rotatable bonds is 10. The molecule has 36 heavy (non-hydrogen) atoms. The van der Waals surface area contributed by atoms with Crippen molar-refractivity contribution < 1.29 is 23.9 Å². The van der Waals surface area contributed by atoms with Crippen LogP contribution >= 0.6 is 0 Å². The smallest absolute Gasteiger partial charge is 0.350 e. The maximum Gasteiger partial charge on any atom is 0.350 e. The van der Waals surface area contributed by atoms with Crippen LogP contribution in [0.25, 0.3) is 0 Å². The first-order chi connectivity index (χ1) is 17.0. The van der Waals surface area contributed by atoms with Crippen molar-refractivity contribution in [1.82, 2.24) is 0 Å². The van der Waals surface area contributed by atoms with Gasteiger partial charge in [0.1, 0.15) is 5.75 Å². The summed E-state index contributed by atoms with van der Waals surface area (Å²) in [6.07, 6.45) is 0.469. The highest BCUT2D eigenvalue weighted by molar-refractivity contribution is 6.09. The van der Waals surface area contributed by atoms with Crippen molar-refractivity contribution in [2.24, 2.45) is 0 Å². The average molecular weight is 487 g/mol. The number of hydrogen-bond donors (Lipinski definition) is 0. The number of carbonyl (C=O) groups excluding carboxylic acids is 3. The lowest BCUT2D eigenvalue weighted by Gasteiger charge is -2.25. The second-order valence-corrected chi connectivity index (χ2v) is 9.86. The van der Waals surface area contributed by atoms with Crippen LogP contribution in [0.2, 0.25) is 0 Å². The van der Waals surface area contributed by atoms with Crippen LogP contribution < -0.4 is 4.74 Å². The molecule has 0 aliphatic rings. The van der Waals surface area contributed by atoms with E-state index in [9.17, 15) is 14.4 Å². The van der Waals surface area contributed by atoms with Gasteiger partial charge in [-0.25, -0.2) is 4.79 Å². The minimum Gasteiger partial charge on any atom is -0.476 e. The number of esters is 1. The zero-order chi connectivity index (χ0) is 26.5. The van der Waals surface area contributed by atoms with E-state index in [4.69, 9.17) is 9.47 Å². The Morgan fingerprint density at radius 2 is 1.50 bits per heavy atom. The molecular formula is C31H34O5. The lowest BCUT2D eigenvalue weighted by atomic mass is 9.89. The molecule has 0 saturated heterocycles. The van der Waals surface area contributed by atoms with Crippen LogP contribution in [-0.2, 0) is 16.0 Å². The van der Waals surface area contributed by atoms with Gasteiger partial charge in [0, 0.05) is 16.7 Å². The molecule has 0 radical (unpaired) electrons. The Bertz CT molecular complexity index is 1240. The number of benzene rings is 3. The first-order valence-corrected chi connectivity index (χ1v) is 12.2. The van der Waals surface area contributed by atoms with Crippen molar-refractivity contribution in [1.29, 1.82) is 0 Å². The Labute approximate surface area is 213 Å². The van der Waals surface area contributed by atoms with Crippen LogP contribution in [0.4, 0.5) is 0 Å². The molecule has 1 atom stereocenters. The summed E-state index contributed by atoms with van der Waals surface area (Å²) in [5.41, 5.74) is 2.74. The number of carbonyl (C=O) groups is 3. The summed E-state index contributed by atoms with van der Waals surface area (Å²) in [5.74, 6) is 0.104. The summed E-state index contributed by atoms with van der Waals surface area (Å²) in [4.78, 5) is 37.4. The zero-order valence-corrected chi connectivity index (χ0v) is 21.8.